The molecule has 0 aliphatic heterocycles. The van der Waals surface area contributed by atoms with Gasteiger partial charge < -0.3 is 4.74 Å². The van der Waals surface area contributed by atoms with Crippen LogP contribution in [-0.4, -0.2) is 9.76 Å². The molecule has 0 spiro atoms. The highest BCUT2D eigenvalue weighted by molar-refractivity contribution is 6.75. The van der Waals surface area contributed by atoms with Crippen LogP contribution < -0.4 is 0 Å². The second kappa shape index (κ2) is 3.49. The SMILES string of the molecule is C[CH]OC(=O)C(Cl)(Cl)Cl. The molecule has 0 heterocycles. The second-order valence-electron chi connectivity index (χ2n) is 1.14. The first-order valence-corrected chi connectivity index (χ1v) is 3.17. The lowest BCUT2D eigenvalue weighted by atomic mass is 10.7. The molecule has 0 aromatic rings. The molecule has 53 valence electrons. The van der Waals surface area contributed by atoms with E-state index < -0.39 is 9.76 Å². The van der Waals surface area contributed by atoms with Crippen LogP contribution in [-0.2, 0) is 9.53 Å². The Morgan fingerprint density at radius 1 is 1.56 bits per heavy atom. The van der Waals surface area contributed by atoms with Crippen LogP contribution in [0.5, 0.6) is 0 Å². The molecule has 0 atom stereocenters. The van der Waals surface area contributed by atoms with Crippen LogP contribution in [0.15, 0.2) is 0 Å². The van der Waals surface area contributed by atoms with Gasteiger partial charge in [0.2, 0.25) is 0 Å². The average molecular weight is 190 g/mol. The monoisotopic (exact) mass is 189 g/mol. The van der Waals surface area contributed by atoms with E-state index in [9.17, 15) is 4.79 Å². The van der Waals surface area contributed by atoms with Crippen molar-refractivity contribution in [3.63, 3.8) is 0 Å². The van der Waals surface area contributed by atoms with Gasteiger partial charge in [0.25, 0.3) is 3.79 Å². The quantitative estimate of drug-likeness (QED) is 0.467. The van der Waals surface area contributed by atoms with Gasteiger partial charge in [-0.2, -0.15) is 0 Å². The summed E-state index contributed by atoms with van der Waals surface area (Å²) in [4.78, 5) is 10.4. The van der Waals surface area contributed by atoms with Gasteiger partial charge in [-0.3, -0.25) is 0 Å². The highest BCUT2D eigenvalue weighted by atomic mass is 35.6. The lowest BCUT2D eigenvalue weighted by Crippen LogP contribution is -2.20. The van der Waals surface area contributed by atoms with Crippen LogP contribution in [0.2, 0.25) is 0 Å². The van der Waals surface area contributed by atoms with Gasteiger partial charge in [-0.25, -0.2) is 4.79 Å². The van der Waals surface area contributed by atoms with E-state index in [-0.39, 0.29) is 0 Å². The van der Waals surface area contributed by atoms with E-state index in [1.807, 2.05) is 0 Å². The molecule has 0 aromatic carbocycles. The fraction of sp³-hybridized carbons (Fsp3) is 0.500. The molecule has 0 saturated carbocycles. The molecule has 0 rings (SSSR count). The molecule has 0 bridgehead atoms. The summed E-state index contributed by atoms with van der Waals surface area (Å²) in [5.74, 6) is -0.894. The summed E-state index contributed by atoms with van der Waals surface area (Å²) in [5.41, 5.74) is 0. The second-order valence-corrected chi connectivity index (χ2v) is 3.42. The molecule has 0 saturated heterocycles. The van der Waals surface area contributed by atoms with Crippen LogP contribution >= 0.6 is 34.8 Å². The van der Waals surface area contributed by atoms with Crippen LogP contribution in [0.1, 0.15) is 6.92 Å². The summed E-state index contributed by atoms with van der Waals surface area (Å²) in [5, 5.41) is 0. The Morgan fingerprint density at radius 3 is 2.11 bits per heavy atom. The molecule has 0 aliphatic carbocycles. The van der Waals surface area contributed by atoms with Crippen molar-refractivity contribution in [2.24, 2.45) is 0 Å². The number of carbonyl (C=O) groups excluding carboxylic acids is 1. The number of rotatable bonds is 1. The van der Waals surface area contributed by atoms with E-state index in [0.29, 0.717) is 0 Å². The van der Waals surface area contributed by atoms with Gasteiger partial charge in [-0.15, -0.1) is 0 Å². The third-order valence-corrected chi connectivity index (χ3v) is 0.919. The van der Waals surface area contributed by atoms with Crippen molar-refractivity contribution < 1.29 is 9.53 Å². The summed E-state index contributed by atoms with van der Waals surface area (Å²) < 4.78 is 2.28. The highest BCUT2D eigenvalue weighted by Gasteiger charge is 2.32. The van der Waals surface area contributed by atoms with E-state index in [1.54, 1.807) is 0 Å². The molecule has 0 aliphatic rings. The number of alkyl halides is 3. The average Bonchev–Trinajstić information content (AvgIpc) is 1.64. The predicted octanol–water partition coefficient (Wildman–Crippen LogP) is 2.08. The predicted molar refractivity (Wildman–Crippen MR) is 36.4 cm³/mol. The fourth-order valence-electron chi connectivity index (χ4n) is 0.174. The minimum Gasteiger partial charge on any atom is -0.456 e. The van der Waals surface area contributed by atoms with Gasteiger partial charge in [0.15, 0.2) is 0 Å². The topological polar surface area (TPSA) is 26.3 Å². The summed E-state index contributed by atoms with van der Waals surface area (Å²) in [6.45, 7) is 2.65. The van der Waals surface area contributed by atoms with E-state index in [2.05, 4.69) is 4.74 Å². The van der Waals surface area contributed by atoms with Gasteiger partial charge in [0.1, 0.15) is 6.61 Å². The molecule has 5 heteroatoms. The normalized spacial score (nSPS) is 11.1. The maximum absolute atomic E-state index is 10.4. The maximum Gasteiger partial charge on any atom is 0.358 e. The zero-order valence-corrected chi connectivity index (χ0v) is 6.80. The first-order chi connectivity index (χ1) is 3.98. The van der Waals surface area contributed by atoms with Crippen LogP contribution in [0.4, 0.5) is 0 Å². The zero-order chi connectivity index (χ0) is 7.49. The summed E-state index contributed by atoms with van der Waals surface area (Å²) >= 11 is 15.3. The highest BCUT2D eigenvalue weighted by Crippen LogP contribution is 2.27. The van der Waals surface area contributed by atoms with Crippen molar-refractivity contribution in [2.45, 2.75) is 10.7 Å². The van der Waals surface area contributed by atoms with Gasteiger partial charge in [0.05, 0.1) is 0 Å². The Balaban J connectivity index is 3.74. The molecule has 2 nitrogen and oxygen atoms in total. The van der Waals surface area contributed by atoms with Gasteiger partial charge in [0, 0.05) is 0 Å². The lowest BCUT2D eigenvalue weighted by Gasteiger charge is -2.07. The van der Waals surface area contributed by atoms with Gasteiger partial charge in [-0.1, -0.05) is 34.8 Å². The Morgan fingerprint density at radius 2 is 2.00 bits per heavy atom. The van der Waals surface area contributed by atoms with Crippen molar-refractivity contribution in [2.75, 3.05) is 0 Å². The minimum atomic E-state index is -1.97. The van der Waals surface area contributed by atoms with E-state index in [1.165, 1.54) is 6.92 Å². The third kappa shape index (κ3) is 3.84. The van der Waals surface area contributed by atoms with Crippen molar-refractivity contribution in [3.8, 4) is 0 Å². The van der Waals surface area contributed by atoms with E-state index in [0.717, 1.165) is 6.61 Å². The molecule has 0 amide bonds. The number of hydrogen-bond donors (Lipinski definition) is 0. The molecule has 0 unspecified atom stereocenters. The van der Waals surface area contributed by atoms with Crippen LogP contribution in [0.25, 0.3) is 0 Å². The van der Waals surface area contributed by atoms with E-state index >= 15 is 0 Å². The molecule has 9 heavy (non-hydrogen) atoms. The van der Waals surface area contributed by atoms with Crippen molar-refractivity contribution >= 4 is 40.8 Å². The summed E-state index contributed by atoms with van der Waals surface area (Å²) in [6, 6.07) is 0. The first kappa shape index (κ1) is 9.34. The van der Waals surface area contributed by atoms with E-state index in [4.69, 9.17) is 34.8 Å². The Labute approximate surface area is 68.0 Å². The summed E-state index contributed by atoms with van der Waals surface area (Å²) in [7, 11) is 0. The largest absolute Gasteiger partial charge is 0.456 e. The third-order valence-electron chi connectivity index (χ3n) is 0.456. The maximum atomic E-state index is 10.4. The van der Waals surface area contributed by atoms with Crippen LogP contribution in [0.3, 0.4) is 0 Å². The van der Waals surface area contributed by atoms with Gasteiger partial charge >= 0.3 is 5.97 Å². The van der Waals surface area contributed by atoms with Crippen molar-refractivity contribution in [3.05, 3.63) is 6.61 Å². The minimum absolute atomic E-state index is 0.894. The lowest BCUT2D eigenvalue weighted by molar-refractivity contribution is -0.138. The molecule has 1 radical (unpaired) electrons. The smallest absolute Gasteiger partial charge is 0.358 e. The molecular formula is C4H4Cl3O2. The van der Waals surface area contributed by atoms with Crippen LogP contribution in [0, 0.1) is 6.61 Å². The number of carbonyl (C=O) groups is 1. The van der Waals surface area contributed by atoms with Crippen molar-refractivity contribution in [1.82, 2.24) is 0 Å². The van der Waals surface area contributed by atoms with Gasteiger partial charge in [-0.05, 0) is 6.92 Å². The number of hydrogen-bond acceptors (Lipinski definition) is 2. The Hall–Kier alpha value is 0.340. The fourth-order valence-corrected chi connectivity index (χ4v) is 0.307. The Bertz CT molecular complexity index is 107. The number of halogens is 3. The number of esters is 1. The first-order valence-electron chi connectivity index (χ1n) is 2.04. The zero-order valence-electron chi connectivity index (χ0n) is 4.53. The Kier molecular flexibility index (Phi) is 3.63. The molecular weight excluding hydrogens is 186 g/mol. The standard InChI is InChI=1S/C4H4Cl3O2/c1-2-9-3(8)4(5,6)7/h2H,1H3. The molecule has 0 N–H and O–H groups in total. The molecule has 0 fully saturated rings. The molecule has 0 aromatic heterocycles. The van der Waals surface area contributed by atoms with Crippen molar-refractivity contribution in [1.29, 1.82) is 0 Å². The summed E-state index contributed by atoms with van der Waals surface area (Å²) in [6.07, 6.45) is 0. The number of ether oxygens (including phenoxy) is 1.